The predicted octanol–water partition coefficient (Wildman–Crippen LogP) is 3.98. The smallest absolute Gasteiger partial charge is 0.191 e. The summed E-state index contributed by atoms with van der Waals surface area (Å²) in [5.41, 5.74) is 2.34. The van der Waals surface area contributed by atoms with E-state index in [0.717, 1.165) is 49.9 Å². The second-order valence-corrected chi connectivity index (χ2v) is 8.33. The lowest BCUT2D eigenvalue weighted by molar-refractivity contribution is 0.0783. The van der Waals surface area contributed by atoms with Gasteiger partial charge in [0, 0.05) is 43.7 Å². The molecule has 1 aromatic carbocycles. The van der Waals surface area contributed by atoms with Gasteiger partial charge in [-0.25, -0.2) is 0 Å². The van der Waals surface area contributed by atoms with Gasteiger partial charge in [-0.05, 0) is 51.5 Å². The van der Waals surface area contributed by atoms with Crippen molar-refractivity contribution in [1.82, 2.24) is 10.6 Å². The molecule has 0 aromatic heterocycles. The maximum atomic E-state index is 5.96. The van der Waals surface area contributed by atoms with Crippen LogP contribution in [-0.2, 0) is 11.3 Å². The van der Waals surface area contributed by atoms with E-state index in [0.29, 0.717) is 6.54 Å². The second-order valence-electron chi connectivity index (χ2n) is 7.06. The Hall–Kier alpha value is -0.670. The average molecular weight is 507 g/mol. The van der Waals surface area contributed by atoms with Gasteiger partial charge in [-0.1, -0.05) is 12.1 Å². The van der Waals surface area contributed by atoms with Crippen LogP contribution in [0.15, 0.2) is 23.2 Å². The number of guanidine groups is 1. The molecule has 2 N–H and O–H groups in total. The van der Waals surface area contributed by atoms with Crippen LogP contribution in [-0.4, -0.2) is 49.9 Å². The highest BCUT2D eigenvalue weighted by atomic mass is 127. The molecule has 0 aliphatic carbocycles. The standard InChI is InChI=1S/C20H33N3O2S.HI/c1-15(2)25-18-12-16(3)6-7-17(18)13-22-19(21-4)23-14-20(26-5)8-10-24-11-9-20;/h6-7,12,15H,8-11,13-14H2,1-5H3,(H2,21,22,23);1H. The first-order valence-electron chi connectivity index (χ1n) is 9.31. The maximum absolute atomic E-state index is 5.96. The molecule has 27 heavy (non-hydrogen) atoms. The molecular formula is C20H34IN3O2S. The van der Waals surface area contributed by atoms with E-state index in [2.05, 4.69) is 60.9 Å². The van der Waals surface area contributed by atoms with Gasteiger partial charge in [0.2, 0.25) is 0 Å². The molecule has 0 amide bonds. The molecule has 0 bridgehead atoms. The number of thioether (sulfide) groups is 1. The van der Waals surface area contributed by atoms with E-state index in [9.17, 15) is 0 Å². The quantitative estimate of drug-likeness (QED) is 0.332. The third-order valence-electron chi connectivity index (χ3n) is 4.67. The fraction of sp³-hybridized carbons (Fsp3) is 0.650. The van der Waals surface area contributed by atoms with Crippen LogP contribution in [0.1, 0.15) is 37.8 Å². The first kappa shape index (κ1) is 24.4. The van der Waals surface area contributed by atoms with Crippen molar-refractivity contribution in [2.75, 3.05) is 33.1 Å². The Morgan fingerprint density at radius 1 is 1.30 bits per heavy atom. The Kier molecular flexibility index (Phi) is 10.8. The second kappa shape index (κ2) is 12.0. The first-order chi connectivity index (χ1) is 12.5. The summed E-state index contributed by atoms with van der Waals surface area (Å²) < 4.78 is 11.7. The molecule has 1 fully saturated rings. The van der Waals surface area contributed by atoms with Gasteiger partial charge < -0.3 is 20.1 Å². The van der Waals surface area contributed by atoms with Crippen LogP contribution in [0.4, 0.5) is 0 Å². The van der Waals surface area contributed by atoms with Crippen LogP contribution >= 0.6 is 35.7 Å². The summed E-state index contributed by atoms with van der Waals surface area (Å²) in [4.78, 5) is 4.37. The number of benzene rings is 1. The van der Waals surface area contributed by atoms with Gasteiger partial charge in [0.25, 0.3) is 0 Å². The number of halogens is 1. The molecule has 0 radical (unpaired) electrons. The molecule has 0 spiro atoms. The molecule has 2 rings (SSSR count). The zero-order valence-electron chi connectivity index (χ0n) is 17.1. The van der Waals surface area contributed by atoms with E-state index in [4.69, 9.17) is 9.47 Å². The van der Waals surface area contributed by atoms with Crippen molar-refractivity contribution in [2.24, 2.45) is 4.99 Å². The number of ether oxygens (including phenoxy) is 2. The maximum Gasteiger partial charge on any atom is 0.191 e. The Morgan fingerprint density at radius 3 is 2.59 bits per heavy atom. The van der Waals surface area contributed by atoms with E-state index in [-0.39, 0.29) is 34.8 Å². The summed E-state index contributed by atoms with van der Waals surface area (Å²) in [5.74, 6) is 1.76. The van der Waals surface area contributed by atoms with Gasteiger partial charge in [-0.15, -0.1) is 24.0 Å². The van der Waals surface area contributed by atoms with Crippen molar-refractivity contribution >= 4 is 41.7 Å². The molecule has 1 aliphatic heterocycles. The Labute approximate surface area is 185 Å². The van der Waals surface area contributed by atoms with Gasteiger partial charge >= 0.3 is 0 Å². The molecule has 0 saturated carbocycles. The van der Waals surface area contributed by atoms with Crippen molar-refractivity contribution in [3.8, 4) is 5.75 Å². The van der Waals surface area contributed by atoms with Crippen molar-refractivity contribution in [2.45, 2.75) is 51.0 Å². The minimum Gasteiger partial charge on any atom is -0.491 e. The molecule has 0 unspecified atom stereocenters. The molecule has 0 atom stereocenters. The summed E-state index contributed by atoms with van der Waals surface area (Å²) in [7, 11) is 1.81. The van der Waals surface area contributed by atoms with Gasteiger partial charge in [0.05, 0.1) is 6.10 Å². The number of aliphatic imine (C=N–C) groups is 1. The van der Waals surface area contributed by atoms with E-state index in [1.807, 2.05) is 18.8 Å². The lowest BCUT2D eigenvalue weighted by atomic mass is 9.99. The van der Waals surface area contributed by atoms with Crippen molar-refractivity contribution in [1.29, 1.82) is 0 Å². The zero-order chi connectivity index (χ0) is 19.0. The molecule has 1 saturated heterocycles. The minimum absolute atomic E-state index is 0. The lowest BCUT2D eigenvalue weighted by Gasteiger charge is -2.36. The topological polar surface area (TPSA) is 54.9 Å². The largest absolute Gasteiger partial charge is 0.491 e. The van der Waals surface area contributed by atoms with Gasteiger partial charge in [-0.3, -0.25) is 4.99 Å². The number of nitrogens with one attached hydrogen (secondary N) is 2. The van der Waals surface area contributed by atoms with Crippen LogP contribution < -0.4 is 15.4 Å². The molecule has 7 heteroatoms. The number of hydrogen-bond acceptors (Lipinski definition) is 4. The zero-order valence-corrected chi connectivity index (χ0v) is 20.3. The first-order valence-corrected chi connectivity index (χ1v) is 10.5. The number of hydrogen-bond donors (Lipinski definition) is 2. The number of aryl methyl sites for hydroxylation is 1. The van der Waals surface area contributed by atoms with E-state index < -0.39 is 0 Å². The van der Waals surface area contributed by atoms with Crippen LogP contribution in [0.5, 0.6) is 5.75 Å². The highest BCUT2D eigenvalue weighted by Gasteiger charge is 2.31. The Bertz CT molecular complexity index is 605. The molecule has 1 aromatic rings. The molecular weight excluding hydrogens is 473 g/mol. The number of nitrogens with zero attached hydrogens (tertiary/aromatic N) is 1. The summed E-state index contributed by atoms with van der Waals surface area (Å²) in [6.07, 6.45) is 4.48. The Morgan fingerprint density at radius 2 is 2.00 bits per heavy atom. The van der Waals surface area contributed by atoms with E-state index in [1.165, 1.54) is 5.56 Å². The van der Waals surface area contributed by atoms with Crippen LogP contribution in [0.25, 0.3) is 0 Å². The third-order valence-corrected chi connectivity index (χ3v) is 6.09. The summed E-state index contributed by atoms with van der Waals surface area (Å²) >= 11 is 1.93. The molecule has 154 valence electrons. The summed E-state index contributed by atoms with van der Waals surface area (Å²) in [5, 5.41) is 6.91. The van der Waals surface area contributed by atoms with Crippen molar-refractivity contribution in [3.05, 3.63) is 29.3 Å². The minimum atomic E-state index is 0. The van der Waals surface area contributed by atoms with Gasteiger partial charge in [0.1, 0.15) is 5.75 Å². The Balaban J connectivity index is 0.00000364. The number of rotatable bonds is 7. The lowest BCUT2D eigenvalue weighted by Crippen LogP contribution is -2.47. The average Bonchev–Trinajstić information content (AvgIpc) is 2.63. The normalized spacial score (nSPS) is 16.6. The highest BCUT2D eigenvalue weighted by molar-refractivity contribution is 14.0. The van der Waals surface area contributed by atoms with Gasteiger partial charge in [0.15, 0.2) is 5.96 Å². The van der Waals surface area contributed by atoms with E-state index in [1.54, 1.807) is 0 Å². The van der Waals surface area contributed by atoms with Gasteiger partial charge in [-0.2, -0.15) is 11.8 Å². The van der Waals surface area contributed by atoms with Crippen LogP contribution in [0.2, 0.25) is 0 Å². The molecule has 1 aliphatic rings. The summed E-state index contributed by atoms with van der Waals surface area (Å²) in [6.45, 7) is 9.44. The van der Waals surface area contributed by atoms with Crippen LogP contribution in [0, 0.1) is 6.92 Å². The monoisotopic (exact) mass is 507 g/mol. The highest BCUT2D eigenvalue weighted by Crippen LogP contribution is 2.33. The van der Waals surface area contributed by atoms with Crippen molar-refractivity contribution < 1.29 is 9.47 Å². The van der Waals surface area contributed by atoms with E-state index >= 15 is 0 Å². The third kappa shape index (κ3) is 7.69. The molecule has 1 heterocycles. The van der Waals surface area contributed by atoms with Crippen LogP contribution in [0.3, 0.4) is 0 Å². The van der Waals surface area contributed by atoms with Crippen molar-refractivity contribution in [3.63, 3.8) is 0 Å². The summed E-state index contributed by atoms with van der Waals surface area (Å²) in [6, 6.07) is 6.33. The molecule has 5 nitrogen and oxygen atoms in total. The predicted molar refractivity (Wildman–Crippen MR) is 127 cm³/mol. The fourth-order valence-corrected chi connectivity index (χ4v) is 3.80. The fourth-order valence-electron chi connectivity index (χ4n) is 3.01. The SMILES string of the molecule is CN=C(NCc1ccc(C)cc1OC(C)C)NCC1(SC)CCOCC1.I.